The summed E-state index contributed by atoms with van der Waals surface area (Å²) >= 11 is 17.5. The smallest absolute Gasteiger partial charge is 0.142 e. The SMILES string of the molecule is CCCCCCCN1CN(Cc2ccc3ccccc3n2)C(Cl)=C1Cl.CCl. The number of pyridine rings is 1. The monoisotopic (exact) mass is 427 g/mol. The van der Waals surface area contributed by atoms with Crippen LogP contribution in [-0.2, 0) is 6.54 Å². The van der Waals surface area contributed by atoms with E-state index in [1.54, 1.807) is 0 Å². The van der Waals surface area contributed by atoms with Crippen LogP contribution < -0.4 is 0 Å². The Morgan fingerprint density at radius 3 is 2.37 bits per heavy atom. The van der Waals surface area contributed by atoms with E-state index in [9.17, 15) is 0 Å². The lowest BCUT2D eigenvalue weighted by Crippen LogP contribution is -2.27. The third-order valence-corrected chi connectivity index (χ3v) is 5.54. The first-order chi connectivity index (χ1) is 13.2. The van der Waals surface area contributed by atoms with E-state index in [-0.39, 0.29) is 0 Å². The van der Waals surface area contributed by atoms with E-state index in [2.05, 4.69) is 46.5 Å². The van der Waals surface area contributed by atoms with Gasteiger partial charge >= 0.3 is 0 Å². The molecular weight excluding hydrogens is 401 g/mol. The molecule has 0 saturated carbocycles. The molecule has 0 unspecified atom stereocenters. The summed E-state index contributed by atoms with van der Waals surface area (Å²) < 4.78 is 0. The van der Waals surface area contributed by atoms with Crippen LogP contribution in [0.2, 0.25) is 0 Å². The van der Waals surface area contributed by atoms with Crippen LogP contribution in [0.15, 0.2) is 46.7 Å². The number of rotatable bonds is 8. The molecule has 1 aliphatic rings. The average Bonchev–Trinajstić information content (AvgIpc) is 2.97. The van der Waals surface area contributed by atoms with Gasteiger partial charge in [-0.3, -0.25) is 4.98 Å². The third kappa shape index (κ3) is 6.17. The second-order valence-corrected chi connectivity index (χ2v) is 7.31. The molecule has 0 fully saturated rings. The molecule has 1 aliphatic heterocycles. The highest BCUT2D eigenvalue weighted by atomic mass is 35.5. The predicted molar refractivity (Wildman–Crippen MR) is 118 cm³/mol. The van der Waals surface area contributed by atoms with Crippen LogP contribution in [0, 0.1) is 0 Å². The van der Waals surface area contributed by atoms with Gasteiger partial charge in [0.2, 0.25) is 0 Å². The zero-order chi connectivity index (χ0) is 19.6. The molecular formula is C21H28Cl3N3. The fourth-order valence-corrected chi connectivity index (χ4v) is 3.67. The molecule has 0 bridgehead atoms. The summed E-state index contributed by atoms with van der Waals surface area (Å²) in [4.78, 5) is 8.99. The van der Waals surface area contributed by atoms with Crippen molar-refractivity contribution in [3.05, 3.63) is 52.4 Å². The van der Waals surface area contributed by atoms with E-state index in [0.29, 0.717) is 16.9 Å². The second kappa shape index (κ2) is 11.6. The van der Waals surface area contributed by atoms with E-state index in [0.717, 1.165) is 36.2 Å². The molecule has 0 N–H and O–H groups in total. The number of unbranched alkanes of at least 4 members (excludes halogenated alkanes) is 4. The Labute approximate surface area is 177 Å². The highest BCUT2D eigenvalue weighted by Crippen LogP contribution is 2.31. The topological polar surface area (TPSA) is 19.4 Å². The number of halogens is 3. The Balaban J connectivity index is 0.00000126. The first-order valence-electron chi connectivity index (χ1n) is 9.46. The zero-order valence-electron chi connectivity index (χ0n) is 16.1. The van der Waals surface area contributed by atoms with Crippen LogP contribution in [0.3, 0.4) is 0 Å². The molecule has 0 radical (unpaired) electrons. The Morgan fingerprint density at radius 2 is 1.59 bits per heavy atom. The summed E-state index contributed by atoms with van der Waals surface area (Å²) in [6, 6.07) is 12.3. The van der Waals surface area contributed by atoms with Gasteiger partial charge in [-0.1, -0.05) is 80.1 Å². The van der Waals surface area contributed by atoms with Crippen molar-refractivity contribution in [3.63, 3.8) is 0 Å². The maximum atomic E-state index is 6.46. The molecule has 0 spiro atoms. The molecule has 3 rings (SSSR count). The molecule has 6 heteroatoms. The summed E-state index contributed by atoms with van der Waals surface area (Å²) in [6.45, 7) is 4.60. The molecule has 2 aromatic rings. The van der Waals surface area contributed by atoms with Gasteiger partial charge in [0.1, 0.15) is 10.3 Å². The van der Waals surface area contributed by atoms with Gasteiger partial charge in [-0.05, 0) is 18.6 Å². The van der Waals surface area contributed by atoms with Crippen molar-refractivity contribution in [2.24, 2.45) is 0 Å². The number of benzene rings is 1. The number of hydrogen-bond acceptors (Lipinski definition) is 3. The first kappa shape index (κ1) is 22.1. The molecule has 1 aromatic heterocycles. The van der Waals surface area contributed by atoms with Gasteiger partial charge in [0.25, 0.3) is 0 Å². The van der Waals surface area contributed by atoms with Crippen LogP contribution in [0.4, 0.5) is 0 Å². The number of aromatic nitrogens is 1. The number of nitrogens with zero attached hydrogens (tertiary/aromatic N) is 3. The van der Waals surface area contributed by atoms with Gasteiger partial charge in [-0.2, -0.15) is 0 Å². The number of para-hydroxylation sites is 1. The predicted octanol–water partition coefficient (Wildman–Crippen LogP) is 6.74. The van der Waals surface area contributed by atoms with Crippen molar-refractivity contribution in [1.29, 1.82) is 0 Å². The van der Waals surface area contributed by atoms with Gasteiger partial charge in [0.05, 0.1) is 24.4 Å². The van der Waals surface area contributed by atoms with Crippen LogP contribution in [0.5, 0.6) is 0 Å². The van der Waals surface area contributed by atoms with Gasteiger partial charge < -0.3 is 9.80 Å². The molecule has 0 saturated heterocycles. The Morgan fingerprint density at radius 1 is 0.889 bits per heavy atom. The van der Waals surface area contributed by atoms with Crippen LogP contribution >= 0.6 is 34.8 Å². The van der Waals surface area contributed by atoms with Gasteiger partial charge in [0.15, 0.2) is 0 Å². The molecule has 0 aliphatic carbocycles. The highest BCUT2D eigenvalue weighted by molar-refractivity contribution is 6.38. The molecule has 1 aromatic carbocycles. The lowest BCUT2D eigenvalue weighted by atomic mass is 10.1. The van der Waals surface area contributed by atoms with E-state index in [1.807, 2.05) is 18.2 Å². The third-order valence-electron chi connectivity index (χ3n) is 4.61. The second-order valence-electron chi connectivity index (χ2n) is 6.59. The van der Waals surface area contributed by atoms with Crippen LogP contribution in [0.25, 0.3) is 10.9 Å². The molecule has 27 heavy (non-hydrogen) atoms. The summed E-state index contributed by atoms with van der Waals surface area (Å²) in [6.07, 6.45) is 7.75. The largest absolute Gasteiger partial charge is 0.342 e. The lowest BCUT2D eigenvalue weighted by molar-refractivity contribution is 0.247. The van der Waals surface area contributed by atoms with Crippen molar-refractivity contribution in [2.45, 2.75) is 45.6 Å². The molecule has 2 heterocycles. The average molecular weight is 429 g/mol. The van der Waals surface area contributed by atoms with Crippen LogP contribution in [-0.4, -0.2) is 34.4 Å². The molecule has 3 nitrogen and oxygen atoms in total. The minimum Gasteiger partial charge on any atom is -0.342 e. The van der Waals surface area contributed by atoms with Gasteiger partial charge in [0, 0.05) is 18.3 Å². The van der Waals surface area contributed by atoms with Crippen LogP contribution in [0.1, 0.15) is 44.7 Å². The summed E-state index contributed by atoms with van der Waals surface area (Å²) in [5.41, 5.74) is 2.02. The quantitative estimate of drug-likeness (QED) is 0.264. The standard InChI is InChI=1S/C20H25Cl2N3.CH3Cl/c1-2-3-4-5-8-13-24-15-25(20(22)19(24)21)14-17-12-11-16-9-6-7-10-18(16)23-17;1-2/h6-7,9-12H,2-5,8,13-15H2,1H3;1H3. The maximum Gasteiger partial charge on any atom is 0.142 e. The molecule has 148 valence electrons. The van der Waals surface area contributed by atoms with Crippen molar-refractivity contribution in [1.82, 2.24) is 14.8 Å². The number of alkyl halides is 1. The summed E-state index contributed by atoms with van der Waals surface area (Å²) in [5, 5.41) is 2.45. The van der Waals surface area contributed by atoms with Gasteiger partial charge in [-0.15, -0.1) is 11.6 Å². The summed E-state index contributed by atoms with van der Waals surface area (Å²) in [7, 11) is 0. The van der Waals surface area contributed by atoms with Gasteiger partial charge in [-0.25, -0.2) is 0 Å². The highest BCUT2D eigenvalue weighted by Gasteiger charge is 2.26. The van der Waals surface area contributed by atoms with Crippen molar-refractivity contribution >= 4 is 45.7 Å². The lowest BCUT2D eigenvalue weighted by Gasteiger charge is -2.22. The van der Waals surface area contributed by atoms with Crippen molar-refractivity contribution < 1.29 is 0 Å². The van der Waals surface area contributed by atoms with E-state index < -0.39 is 0 Å². The fourth-order valence-electron chi connectivity index (χ4n) is 3.18. The fraction of sp³-hybridized carbons (Fsp3) is 0.476. The van der Waals surface area contributed by atoms with E-state index in [1.165, 1.54) is 32.1 Å². The normalized spacial score (nSPS) is 14.0. The van der Waals surface area contributed by atoms with Crippen molar-refractivity contribution in [2.75, 3.05) is 19.6 Å². The Bertz CT molecular complexity index is 748. The Hall–Kier alpha value is -1.16. The van der Waals surface area contributed by atoms with Crippen molar-refractivity contribution in [3.8, 4) is 0 Å². The Kier molecular flexibility index (Phi) is 9.53. The summed E-state index contributed by atoms with van der Waals surface area (Å²) in [5.74, 6) is 0. The molecule has 0 atom stereocenters. The van der Waals surface area contributed by atoms with E-state index >= 15 is 0 Å². The maximum absolute atomic E-state index is 6.46. The number of hydrogen-bond donors (Lipinski definition) is 0. The zero-order valence-corrected chi connectivity index (χ0v) is 18.4. The minimum absolute atomic E-state index is 0.630. The first-order valence-corrected chi connectivity index (χ1v) is 11.0. The minimum atomic E-state index is 0.630. The van der Waals surface area contributed by atoms with E-state index in [4.69, 9.17) is 28.2 Å². The molecule has 0 amide bonds. The number of fused-ring (bicyclic) bond motifs is 1.